The number of hydrogen-bond acceptors (Lipinski definition) is 8. The molecule has 2 aromatic carbocycles. The van der Waals surface area contributed by atoms with Crippen LogP contribution in [-0.2, 0) is 0 Å². The van der Waals surface area contributed by atoms with Gasteiger partial charge in [0.05, 0.1) is 24.1 Å². The molecule has 0 aliphatic carbocycles. The highest BCUT2D eigenvalue weighted by atomic mass is 16.5. The van der Waals surface area contributed by atoms with Crippen LogP contribution in [0.5, 0.6) is 5.75 Å². The van der Waals surface area contributed by atoms with E-state index in [0.717, 1.165) is 29.3 Å². The normalized spacial score (nSPS) is 11.8. The zero-order valence-corrected chi connectivity index (χ0v) is 21.2. The fourth-order valence-corrected chi connectivity index (χ4v) is 4.19. The minimum Gasteiger partial charge on any atom is -0.495 e. The number of methoxy groups -OCH3 is 1. The molecule has 1 amide bonds. The van der Waals surface area contributed by atoms with Crippen LogP contribution in [0.2, 0.25) is 0 Å². The maximum Gasteiger partial charge on any atom is 0.272 e. The van der Waals surface area contributed by atoms with Crippen LogP contribution in [0.4, 0.5) is 17.3 Å². The summed E-state index contributed by atoms with van der Waals surface area (Å²) >= 11 is 0. The first-order valence-corrected chi connectivity index (χ1v) is 12.1. The lowest BCUT2D eigenvalue weighted by Gasteiger charge is -2.20. The summed E-state index contributed by atoms with van der Waals surface area (Å²) in [6.45, 7) is 4.59. The van der Waals surface area contributed by atoms with Crippen LogP contribution >= 0.6 is 0 Å². The van der Waals surface area contributed by atoms with Gasteiger partial charge in [-0.1, -0.05) is 24.6 Å². The Hall–Kier alpha value is -4.44. The maximum atomic E-state index is 13.0. The number of anilines is 3. The fraction of sp³-hybridized carbons (Fsp3) is 0.259. The molecular formula is C27H32N8O2. The second-order valence-corrected chi connectivity index (χ2v) is 8.83. The number of aromatic nitrogens is 3. The molecule has 0 aliphatic rings. The van der Waals surface area contributed by atoms with Gasteiger partial charge >= 0.3 is 0 Å². The van der Waals surface area contributed by atoms with Crippen LogP contribution in [0.3, 0.4) is 0 Å². The Labute approximate surface area is 215 Å². The average Bonchev–Trinajstić information content (AvgIpc) is 3.32. The molecule has 8 N–H and O–H groups in total. The number of nitrogens with two attached hydrogens (primary N) is 2. The number of nitrogens with one attached hydrogen (secondary N) is 4. The molecule has 0 saturated heterocycles. The molecule has 10 heteroatoms. The van der Waals surface area contributed by atoms with Gasteiger partial charge in [0.2, 0.25) is 0 Å². The predicted molar refractivity (Wildman–Crippen MR) is 148 cm³/mol. The number of nitrogen functional groups attached to an aromatic ring is 1. The summed E-state index contributed by atoms with van der Waals surface area (Å²) in [5.74, 6) is 0.772. The van der Waals surface area contributed by atoms with Crippen LogP contribution in [0, 0.1) is 12.3 Å². The Morgan fingerprint density at radius 3 is 2.73 bits per heavy atom. The van der Waals surface area contributed by atoms with Gasteiger partial charge in [0.15, 0.2) is 0 Å². The van der Waals surface area contributed by atoms with E-state index in [4.69, 9.17) is 21.6 Å². The summed E-state index contributed by atoms with van der Waals surface area (Å²) in [6.07, 6.45) is 2.96. The molecule has 2 aromatic heterocycles. The first-order valence-electron chi connectivity index (χ1n) is 12.1. The van der Waals surface area contributed by atoms with E-state index >= 15 is 0 Å². The number of nitrogens with zero attached hydrogens (tertiary/aromatic N) is 2. The molecule has 37 heavy (non-hydrogen) atoms. The molecule has 192 valence electrons. The number of carbonyl (C=O) groups excluding carboxylic acids is 1. The highest BCUT2D eigenvalue weighted by Crippen LogP contribution is 2.30. The highest BCUT2D eigenvalue weighted by Gasteiger charge is 2.20. The molecule has 1 unspecified atom stereocenters. The third kappa shape index (κ3) is 5.54. The van der Waals surface area contributed by atoms with Gasteiger partial charge < -0.3 is 31.8 Å². The monoisotopic (exact) mass is 500 g/mol. The van der Waals surface area contributed by atoms with Crippen LogP contribution in [0.1, 0.15) is 46.9 Å². The van der Waals surface area contributed by atoms with Crippen LogP contribution in [0.25, 0.3) is 10.9 Å². The zero-order valence-electron chi connectivity index (χ0n) is 21.2. The van der Waals surface area contributed by atoms with E-state index in [0.29, 0.717) is 40.6 Å². The van der Waals surface area contributed by atoms with Gasteiger partial charge in [0.1, 0.15) is 29.4 Å². The Kier molecular flexibility index (Phi) is 7.69. The fourth-order valence-electron chi connectivity index (χ4n) is 4.19. The smallest absolute Gasteiger partial charge is 0.272 e. The first-order chi connectivity index (χ1) is 17.8. The molecule has 0 bridgehead atoms. The minimum atomic E-state index is -0.298. The van der Waals surface area contributed by atoms with Crippen molar-refractivity contribution in [3.63, 3.8) is 0 Å². The summed E-state index contributed by atoms with van der Waals surface area (Å²) in [6, 6.07) is 13.0. The van der Waals surface area contributed by atoms with Crippen molar-refractivity contribution < 1.29 is 9.53 Å². The largest absolute Gasteiger partial charge is 0.495 e. The number of amides is 1. The van der Waals surface area contributed by atoms with Crippen molar-refractivity contribution in [3.8, 4) is 5.75 Å². The quantitative estimate of drug-likeness (QED) is 0.178. The molecule has 10 nitrogen and oxygen atoms in total. The molecular weight excluding hydrogens is 468 g/mol. The molecule has 0 fully saturated rings. The summed E-state index contributed by atoms with van der Waals surface area (Å²) in [4.78, 5) is 24.5. The van der Waals surface area contributed by atoms with Crippen molar-refractivity contribution in [2.24, 2.45) is 5.73 Å². The van der Waals surface area contributed by atoms with E-state index in [-0.39, 0.29) is 23.5 Å². The van der Waals surface area contributed by atoms with Crippen molar-refractivity contribution >= 4 is 39.8 Å². The summed E-state index contributed by atoms with van der Waals surface area (Å²) in [5.41, 5.74) is 15.9. The van der Waals surface area contributed by atoms with Crippen LogP contribution in [-0.4, -0.2) is 46.3 Å². The maximum absolute atomic E-state index is 13.0. The minimum absolute atomic E-state index is 0.0894. The molecule has 0 radical (unpaired) electrons. The van der Waals surface area contributed by atoms with Gasteiger partial charge in [-0.05, 0) is 56.6 Å². The highest BCUT2D eigenvalue weighted by molar-refractivity contribution is 6.16. The number of aromatic amines is 1. The third-order valence-corrected chi connectivity index (χ3v) is 6.23. The van der Waals surface area contributed by atoms with Crippen LogP contribution < -0.4 is 26.8 Å². The number of fused-ring (bicyclic) bond motifs is 1. The Morgan fingerprint density at radius 1 is 1.19 bits per heavy atom. The van der Waals surface area contributed by atoms with E-state index in [9.17, 15) is 4.79 Å². The van der Waals surface area contributed by atoms with Crippen molar-refractivity contribution in [2.45, 2.75) is 32.7 Å². The number of aryl methyl sites for hydroxylation is 1. The van der Waals surface area contributed by atoms with Gasteiger partial charge in [-0.3, -0.25) is 10.2 Å². The number of ether oxygens (including phenoxy) is 1. The number of benzene rings is 2. The van der Waals surface area contributed by atoms with Gasteiger partial charge in [0.25, 0.3) is 5.91 Å². The number of rotatable bonds is 10. The van der Waals surface area contributed by atoms with Crippen molar-refractivity contribution in [3.05, 3.63) is 71.2 Å². The van der Waals surface area contributed by atoms with Gasteiger partial charge in [-0.2, -0.15) is 0 Å². The van der Waals surface area contributed by atoms with E-state index in [1.807, 2.05) is 31.2 Å². The average molecular weight is 501 g/mol. The second kappa shape index (κ2) is 11.1. The molecule has 0 spiro atoms. The standard InChI is InChI=1S/C27H32N8O2/c1-4-18(9-10-28)33-26-23(25(30)31-14-32-26)24(29)16-6-8-20(22(13-16)37-3)35-27(36)21-12-17-11-15(2)5-7-19(17)34-21/h5-8,11-14,18,29,34H,4,9-10,28H2,1-3H3,(H,35,36)(H3,30,31,32,33). The summed E-state index contributed by atoms with van der Waals surface area (Å²) in [5, 5.41) is 16.1. The molecule has 4 rings (SSSR count). The van der Waals surface area contributed by atoms with E-state index in [2.05, 4.69) is 32.5 Å². The molecule has 0 saturated carbocycles. The zero-order chi connectivity index (χ0) is 26.5. The lowest BCUT2D eigenvalue weighted by Crippen LogP contribution is -2.25. The SMILES string of the molecule is CCC(CCN)Nc1ncnc(N)c1C(=N)c1ccc(NC(=O)c2cc3cc(C)ccc3[nH]2)c(OC)c1. The molecule has 2 heterocycles. The lowest BCUT2D eigenvalue weighted by molar-refractivity contribution is 0.102. The number of carbonyl (C=O) groups is 1. The third-order valence-electron chi connectivity index (χ3n) is 6.23. The van der Waals surface area contributed by atoms with Gasteiger partial charge in [-0.15, -0.1) is 0 Å². The molecule has 1 atom stereocenters. The van der Waals surface area contributed by atoms with E-state index in [1.54, 1.807) is 18.2 Å². The van der Waals surface area contributed by atoms with E-state index < -0.39 is 0 Å². The van der Waals surface area contributed by atoms with Gasteiger partial charge in [-0.25, -0.2) is 9.97 Å². The Bertz CT molecular complexity index is 1450. The first kappa shape index (κ1) is 25.6. The number of H-pyrrole nitrogens is 1. The predicted octanol–water partition coefficient (Wildman–Crippen LogP) is 4.06. The Morgan fingerprint density at radius 2 is 2.00 bits per heavy atom. The van der Waals surface area contributed by atoms with Crippen LogP contribution in [0.15, 0.2) is 48.8 Å². The second-order valence-electron chi connectivity index (χ2n) is 8.83. The molecule has 0 aliphatic heterocycles. The van der Waals surface area contributed by atoms with E-state index in [1.165, 1.54) is 13.4 Å². The topological polar surface area (TPSA) is 168 Å². The summed E-state index contributed by atoms with van der Waals surface area (Å²) in [7, 11) is 1.51. The number of hydrogen-bond donors (Lipinski definition) is 6. The summed E-state index contributed by atoms with van der Waals surface area (Å²) < 4.78 is 5.54. The van der Waals surface area contributed by atoms with Crippen molar-refractivity contribution in [1.29, 1.82) is 5.41 Å². The Balaban J connectivity index is 1.60. The van der Waals surface area contributed by atoms with Crippen molar-refractivity contribution in [1.82, 2.24) is 15.0 Å². The van der Waals surface area contributed by atoms with Crippen molar-refractivity contribution in [2.75, 3.05) is 30.0 Å². The lowest BCUT2D eigenvalue weighted by atomic mass is 10.0. The van der Waals surface area contributed by atoms with Gasteiger partial charge in [0, 0.05) is 22.5 Å². The molecule has 4 aromatic rings.